The molecular formula is C18H20N8O2S. The first-order valence-corrected chi connectivity index (χ1v) is 9.62. The van der Waals surface area contributed by atoms with Crippen molar-refractivity contribution in [1.29, 1.82) is 0 Å². The monoisotopic (exact) mass is 412 g/mol. The zero-order valence-corrected chi connectivity index (χ0v) is 16.7. The maximum atomic E-state index is 12.1. The average Bonchev–Trinajstić information content (AvgIpc) is 3.33. The summed E-state index contributed by atoms with van der Waals surface area (Å²) in [5.74, 6) is 5.93. The maximum absolute atomic E-state index is 12.1. The number of primary amides is 1. The number of benzene rings is 1. The van der Waals surface area contributed by atoms with Crippen molar-refractivity contribution in [2.24, 2.45) is 22.4 Å². The van der Waals surface area contributed by atoms with Gasteiger partial charge in [0.1, 0.15) is 22.0 Å². The van der Waals surface area contributed by atoms with E-state index in [1.807, 2.05) is 16.7 Å². The van der Waals surface area contributed by atoms with E-state index in [-0.39, 0.29) is 5.84 Å². The van der Waals surface area contributed by atoms with Crippen molar-refractivity contribution in [2.45, 2.75) is 13.0 Å². The van der Waals surface area contributed by atoms with Crippen LogP contribution in [0.15, 0.2) is 28.8 Å². The highest BCUT2D eigenvalue weighted by Gasteiger charge is 2.28. The first-order chi connectivity index (χ1) is 13.9. The first kappa shape index (κ1) is 18.9. The van der Waals surface area contributed by atoms with Gasteiger partial charge in [-0.1, -0.05) is 11.3 Å². The molecule has 0 radical (unpaired) electrons. The molecule has 0 aliphatic carbocycles. The zero-order chi connectivity index (χ0) is 20.7. The predicted molar refractivity (Wildman–Crippen MR) is 110 cm³/mol. The van der Waals surface area contributed by atoms with Gasteiger partial charge in [-0.25, -0.2) is 11.0 Å². The number of hydrazine groups is 1. The van der Waals surface area contributed by atoms with Gasteiger partial charge >= 0.3 is 0 Å². The van der Waals surface area contributed by atoms with Crippen molar-refractivity contribution >= 4 is 23.1 Å². The summed E-state index contributed by atoms with van der Waals surface area (Å²) in [6, 6.07) is 5.60. The highest BCUT2D eigenvalue weighted by molar-refractivity contribution is 7.12. The lowest BCUT2D eigenvalue weighted by atomic mass is 9.93. The van der Waals surface area contributed by atoms with Gasteiger partial charge in [0.25, 0.3) is 5.91 Å². The number of ether oxygens (including phenoxy) is 1. The summed E-state index contributed by atoms with van der Waals surface area (Å²) in [5.41, 5.74) is 18.1. The molecule has 0 atom stereocenters. The number of hydrogen-bond acceptors (Lipinski definition) is 8. The molecule has 150 valence electrons. The van der Waals surface area contributed by atoms with Crippen LogP contribution in [0.25, 0.3) is 21.8 Å². The van der Waals surface area contributed by atoms with Crippen LogP contribution in [0.2, 0.25) is 0 Å². The lowest BCUT2D eigenvalue weighted by Gasteiger charge is -2.24. The molecule has 0 fully saturated rings. The molecule has 1 aromatic carbocycles. The van der Waals surface area contributed by atoms with Gasteiger partial charge in [0.2, 0.25) is 0 Å². The largest absolute Gasteiger partial charge is 0.496 e. The zero-order valence-electron chi connectivity index (χ0n) is 15.9. The van der Waals surface area contributed by atoms with Crippen molar-refractivity contribution < 1.29 is 9.53 Å². The fourth-order valence-electron chi connectivity index (χ4n) is 3.60. The molecule has 11 heteroatoms. The fraction of sp³-hybridized carbons (Fsp3) is 0.222. The number of fused-ring (bicyclic) bond motifs is 3. The van der Waals surface area contributed by atoms with E-state index in [1.165, 1.54) is 11.3 Å². The minimum Gasteiger partial charge on any atom is -0.496 e. The second kappa shape index (κ2) is 7.18. The molecule has 0 spiro atoms. The third-order valence-electron chi connectivity index (χ3n) is 4.77. The number of amidine groups is 1. The Bertz CT molecular complexity index is 1120. The summed E-state index contributed by atoms with van der Waals surface area (Å²) in [6.45, 7) is 0.608. The van der Waals surface area contributed by atoms with Crippen LogP contribution in [-0.2, 0) is 13.0 Å². The summed E-state index contributed by atoms with van der Waals surface area (Å²) in [5, 5.41) is 14.0. The number of carbonyl (C=O) groups is 1. The van der Waals surface area contributed by atoms with E-state index in [4.69, 9.17) is 22.0 Å². The summed E-state index contributed by atoms with van der Waals surface area (Å²) >= 11 is 1.39. The van der Waals surface area contributed by atoms with Gasteiger partial charge < -0.3 is 20.8 Å². The van der Waals surface area contributed by atoms with E-state index < -0.39 is 5.91 Å². The van der Waals surface area contributed by atoms with Crippen LogP contribution in [0.4, 0.5) is 0 Å². The van der Waals surface area contributed by atoms with Gasteiger partial charge in [0, 0.05) is 24.7 Å². The summed E-state index contributed by atoms with van der Waals surface area (Å²) in [4.78, 5) is 12.1. The molecule has 2 aromatic heterocycles. The van der Waals surface area contributed by atoms with Crippen LogP contribution in [0, 0.1) is 0 Å². The number of hydrazone groups is 1. The Morgan fingerprint density at radius 2 is 2.10 bits per heavy atom. The van der Waals surface area contributed by atoms with Gasteiger partial charge in [-0.2, -0.15) is 0 Å². The molecule has 29 heavy (non-hydrogen) atoms. The Hall–Kier alpha value is -3.44. The minimum absolute atomic E-state index is 0.214. The standard InChI is InChI=1S/C18H20N8O2S/c1-25(21)24-16(19)11-6-10-9(5-14(11)28-2)3-4-26-13(17(20)27)7-12(15(10)26)18-23-22-8-29-18/h5-8H,3-4,21H2,1-2H3,(H2,19,24)(H2,20,27). The second-order valence-corrected chi connectivity index (χ2v) is 7.40. The van der Waals surface area contributed by atoms with E-state index in [1.54, 1.807) is 25.7 Å². The van der Waals surface area contributed by atoms with Gasteiger partial charge in [0.15, 0.2) is 5.84 Å². The van der Waals surface area contributed by atoms with Crippen molar-refractivity contribution in [3.05, 3.63) is 40.5 Å². The topological polar surface area (TPSA) is 151 Å². The van der Waals surface area contributed by atoms with Crippen molar-refractivity contribution in [3.63, 3.8) is 0 Å². The molecule has 3 heterocycles. The van der Waals surface area contributed by atoms with E-state index in [2.05, 4.69) is 15.3 Å². The van der Waals surface area contributed by atoms with Crippen molar-refractivity contribution in [3.8, 4) is 27.6 Å². The normalized spacial score (nSPS) is 13.0. The highest BCUT2D eigenvalue weighted by Crippen LogP contribution is 2.42. The summed E-state index contributed by atoms with van der Waals surface area (Å²) < 4.78 is 7.44. The molecule has 10 nitrogen and oxygen atoms in total. The smallest absolute Gasteiger partial charge is 0.265 e. The Balaban J connectivity index is 2.00. The van der Waals surface area contributed by atoms with Crippen LogP contribution in [0.1, 0.15) is 21.6 Å². The fourth-order valence-corrected chi connectivity index (χ4v) is 4.17. The van der Waals surface area contributed by atoms with Crippen LogP contribution in [0.5, 0.6) is 5.75 Å². The predicted octanol–water partition coefficient (Wildman–Crippen LogP) is 0.763. The van der Waals surface area contributed by atoms with Crippen LogP contribution >= 0.6 is 11.3 Å². The summed E-state index contributed by atoms with van der Waals surface area (Å²) in [6.07, 6.45) is 0.706. The molecule has 6 N–H and O–H groups in total. The number of methoxy groups -OCH3 is 1. The van der Waals surface area contributed by atoms with Crippen LogP contribution < -0.4 is 22.0 Å². The Morgan fingerprint density at radius 1 is 1.31 bits per heavy atom. The van der Waals surface area contributed by atoms with Crippen molar-refractivity contribution in [1.82, 2.24) is 19.9 Å². The number of aryl methyl sites for hydroxylation is 1. The molecule has 1 aliphatic rings. The van der Waals surface area contributed by atoms with Crippen molar-refractivity contribution in [2.75, 3.05) is 14.2 Å². The highest BCUT2D eigenvalue weighted by atomic mass is 32.1. The molecule has 0 saturated heterocycles. The number of rotatable bonds is 5. The molecule has 4 rings (SSSR count). The van der Waals surface area contributed by atoms with Gasteiger partial charge in [0.05, 0.1) is 18.4 Å². The quantitative estimate of drug-likeness (QED) is 0.242. The number of nitrogens with zero attached hydrogens (tertiary/aromatic N) is 5. The SMILES string of the molecule is COc1cc2c(cc1/C(N)=N/N(C)N)-c1c(-c3nncs3)cc(C(N)=O)n1CC2. The lowest BCUT2D eigenvalue weighted by Crippen LogP contribution is -2.26. The van der Waals surface area contributed by atoms with E-state index in [0.29, 0.717) is 35.0 Å². The van der Waals surface area contributed by atoms with E-state index in [9.17, 15) is 4.79 Å². The van der Waals surface area contributed by atoms with E-state index >= 15 is 0 Å². The molecule has 3 aromatic rings. The molecule has 1 amide bonds. The second-order valence-electron chi connectivity index (χ2n) is 6.57. The van der Waals surface area contributed by atoms with E-state index in [0.717, 1.165) is 27.5 Å². The average molecular weight is 412 g/mol. The molecule has 1 aliphatic heterocycles. The maximum Gasteiger partial charge on any atom is 0.265 e. The van der Waals surface area contributed by atoms with Gasteiger partial charge in [-0.3, -0.25) is 4.79 Å². The number of amides is 1. The number of carbonyl (C=O) groups excluding carboxylic acids is 1. The van der Waals surface area contributed by atoms with Crippen LogP contribution in [0.3, 0.4) is 0 Å². The third kappa shape index (κ3) is 3.19. The number of aromatic nitrogens is 3. The number of nitrogens with two attached hydrogens (primary N) is 3. The Labute approximate surface area is 170 Å². The molecule has 0 bridgehead atoms. The molecule has 0 saturated carbocycles. The molecular weight excluding hydrogens is 392 g/mol. The lowest BCUT2D eigenvalue weighted by molar-refractivity contribution is 0.0991. The van der Waals surface area contributed by atoms with Crippen LogP contribution in [-0.4, -0.2) is 45.8 Å². The summed E-state index contributed by atoms with van der Waals surface area (Å²) in [7, 11) is 3.16. The Kier molecular flexibility index (Phi) is 4.68. The number of hydrogen-bond donors (Lipinski definition) is 3. The third-order valence-corrected chi connectivity index (χ3v) is 5.49. The van der Waals surface area contributed by atoms with Gasteiger partial charge in [-0.05, 0) is 30.2 Å². The van der Waals surface area contributed by atoms with Gasteiger partial charge in [-0.15, -0.1) is 15.3 Å². The molecule has 0 unspecified atom stereocenters. The Morgan fingerprint density at radius 3 is 2.72 bits per heavy atom. The minimum atomic E-state index is -0.495. The first-order valence-electron chi connectivity index (χ1n) is 8.74.